The molecule has 0 bridgehead atoms. The van der Waals surface area contributed by atoms with Crippen LogP contribution in [0.4, 0.5) is 17.1 Å². The molecule has 0 aromatic heterocycles. The molecule has 1 aliphatic rings. The number of rotatable bonds is 10. The highest BCUT2D eigenvalue weighted by Gasteiger charge is 2.22. The highest BCUT2D eigenvalue weighted by atomic mass is 16.6. The maximum Gasteiger partial charge on any atom is 0.273 e. The number of nitro benzene ring substituents is 1. The fraction of sp³-hybridized carbons (Fsp3) is 0.481. The number of aryl methyl sites for hydroxylation is 1. The molecular formula is C27H37N5O4. The predicted molar refractivity (Wildman–Crippen MR) is 143 cm³/mol. The molecule has 1 fully saturated rings. The molecule has 1 aliphatic heterocycles. The molecule has 194 valence electrons. The van der Waals surface area contributed by atoms with Crippen LogP contribution in [0.2, 0.25) is 0 Å². The fourth-order valence-electron chi connectivity index (χ4n) is 4.43. The average molecular weight is 496 g/mol. The minimum Gasteiger partial charge on any atom is -0.371 e. The summed E-state index contributed by atoms with van der Waals surface area (Å²) in [5, 5.41) is 17.1. The minimum absolute atomic E-state index is 0.106. The van der Waals surface area contributed by atoms with Gasteiger partial charge in [-0.15, -0.1) is 0 Å². The Labute approximate surface area is 213 Å². The molecule has 0 aliphatic carbocycles. The van der Waals surface area contributed by atoms with Crippen molar-refractivity contribution in [2.45, 2.75) is 40.5 Å². The number of nitrogens with one attached hydrogen (secondary N) is 2. The molecule has 2 amide bonds. The number of likely N-dealkylation sites (N-methyl/N-ethyl adjacent to an activating group) is 1. The molecule has 0 spiro atoms. The monoisotopic (exact) mass is 495 g/mol. The van der Waals surface area contributed by atoms with E-state index in [4.69, 9.17) is 0 Å². The molecule has 2 aromatic rings. The van der Waals surface area contributed by atoms with Gasteiger partial charge in [-0.3, -0.25) is 19.7 Å². The van der Waals surface area contributed by atoms with Gasteiger partial charge in [0.05, 0.1) is 10.5 Å². The van der Waals surface area contributed by atoms with E-state index in [2.05, 4.69) is 41.2 Å². The molecule has 36 heavy (non-hydrogen) atoms. The summed E-state index contributed by atoms with van der Waals surface area (Å²) < 4.78 is 0. The second-order valence-electron chi connectivity index (χ2n) is 9.40. The summed E-state index contributed by atoms with van der Waals surface area (Å²) in [7, 11) is 0. The molecule has 9 heteroatoms. The molecule has 9 nitrogen and oxygen atoms in total. The zero-order chi connectivity index (χ0) is 26.2. The van der Waals surface area contributed by atoms with Crippen LogP contribution in [0.15, 0.2) is 36.4 Å². The third kappa shape index (κ3) is 6.81. The minimum atomic E-state index is -0.499. The molecule has 2 aromatic carbocycles. The van der Waals surface area contributed by atoms with Crippen molar-refractivity contribution in [3.8, 4) is 0 Å². The molecule has 1 saturated heterocycles. The van der Waals surface area contributed by atoms with Gasteiger partial charge in [0.15, 0.2) is 0 Å². The van der Waals surface area contributed by atoms with Gasteiger partial charge in [0.25, 0.3) is 17.5 Å². The van der Waals surface area contributed by atoms with Crippen LogP contribution in [0, 0.1) is 23.0 Å². The molecule has 0 unspecified atom stereocenters. The summed E-state index contributed by atoms with van der Waals surface area (Å²) in [6.45, 7) is 12.9. The second-order valence-corrected chi connectivity index (χ2v) is 9.40. The topological polar surface area (TPSA) is 108 Å². The predicted octanol–water partition coefficient (Wildman–Crippen LogP) is 4.46. The Morgan fingerprint density at radius 3 is 2.42 bits per heavy atom. The second kappa shape index (κ2) is 12.5. The van der Waals surface area contributed by atoms with Crippen molar-refractivity contribution in [2.75, 3.05) is 49.5 Å². The van der Waals surface area contributed by atoms with Gasteiger partial charge in [-0.2, -0.15) is 0 Å². The normalized spacial score (nSPS) is 14.1. The van der Waals surface area contributed by atoms with Crippen molar-refractivity contribution in [3.05, 3.63) is 63.2 Å². The lowest BCUT2D eigenvalue weighted by Gasteiger charge is -2.33. The lowest BCUT2D eigenvalue weighted by molar-refractivity contribution is -0.385. The first-order chi connectivity index (χ1) is 17.2. The number of anilines is 2. The van der Waals surface area contributed by atoms with Crippen LogP contribution >= 0.6 is 0 Å². The lowest BCUT2D eigenvalue weighted by atomic mass is 9.97. The quantitative estimate of drug-likeness (QED) is 0.372. The number of nitro groups is 1. The third-order valence-corrected chi connectivity index (χ3v) is 6.90. The Balaban J connectivity index is 1.83. The maximum absolute atomic E-state index is 13.3. The highest BCUT2D eigenvalue weighted by molar-refractivity contribution is 6.06. The Morgan fingerprint density at radius 1 is 1.08 bits per heavy atom. The third-order valence-electron chi connectivity index (χ3n) is 6.90. The van der Waals surface area contributed by atoms with Crippen LogP contribution < -0.4 is 15.5 Å². The van der Waals surface area contributed by atoms with E-state index in [0.29, 0.717) is 29.3 Å². The van der Waals surface area contributed by atoms with E-state index < -0.39 is 10.8 Å². The van der Waals surface area contributed by atoms with Gasteiger partial charge in [-0.1, -0.05) is 26.8 Å². The fourth-order valence-corrected chi connectivity index (χ4v) is 4.43. The smallest absolute Gasteiger partial charge is 0.273 e. The van der Waals surface area contributed by atoms with Gasteiger partial charge >= 0.3 is 0 Å². The van der Waals surface area contributed by atoms with Crippen LogP contribution in [0.3, 0.4) is 0 Å². The van der Waals surface area contributed by atoms with Crippen LogP contribution in [-0.4, -0.2) is 60.9 Å². The van der Waals surface area contributed by atoms with Gasteiger partial charge in [-0.05, 0) is 63.0 Å². The Kier molecular flexibility index (Phi) is 9.41. The number of piperidine rings is 1. The molecule has 0 radical (unpaired) electrons. The summed E-state index contributed by atoms with van der Waals surface area (Å²) >= 11 is 0. The number of benzene rings is 2. The average Bonchev–Trinajstić information content (AvgIpc) is 2.87. The van der Waals surface area contributed by atoms with E-state index >= 15 is 0 Å². The van der Waals surface area contributed by atoms with Crippen LogP contribution in [0.1, 0.15) is 59.9 Å². The zero-order valence-corrected chi connectivity index (χ0v) is 21.7. The van der Waals surface area contributed by atoms with Crippen molar-refractivity contribution in [1.82, 2.24) is 10.2 Å². The molecule has 3 rings (SSSR count). The van der Waals surface area contributed by atoms with Gasteiger partial charge in [0.2, 0.25) is 0 Å². The van der Waals surface area contributed by atoms with Crippen LogP contribution in [-0.2, 0) is 0 Å². The van der Waals surface area contributed by atoms with E-state index in [9.17, 15) is 19.7 Å². The molecule has 1 heterocycles. The first-order valence-electron chi connectivity index (χ1n) is 12.7. The molecular weight excluding hydrogens is 458 g/mol. The lowest BCUT2D eigenvalue weighted by Crippen LogP contribution is -2.37. The molecule has 2 N–H and O–H groups in total. The van der Waals surface area contributed by atoms with Crippen molar-refractivity contribution >= 4 is 28.9 Å². The summed E-state index contributed by atoms with van der Waals surface area (Å²) in [6, 6.07) is 9.74. The number of hydrogen-bond donors (Lipinski definition) is 2. The van der Waals surface area contributed by atoms with E-state index in [1.54, 1.807) is 31.2 Å². The molecule has 0 atom stereocenters. The molecule has 0 saturated carbocycles. The van der Waals surface area contributed by atoms with Crippen LogP contribution in [0.5, 0.6) is 0 Å². The van der Waals surface area contributed by atoms with Crippen molar-refractivity contribution in [2.24, 2.45) is 5.92 Å². The van der Waals surface area contributed by atoms with E-state index in [0.717, 1.165) is 51.3 Å². The Morgan fingerprint density at radius 2 is 1.78 bits per heavy atom. The number of carbonyl (C=O) groups excluding carboxylic acids is 2. The van der Waals surface area contributed by atoms with E-state index in [1.807, 2.05) is 6.07 Å². The van der Waals surface area contributed by atoms with E-state index in [1.165, 1.54) is 6.07 Å². The van der Waals surface area contributed by atoms with Gasteiger partial charge in [-0.25, -0.2) is 0 Å². The van der Waals surface area contributed by atoms with Gasteiger partial charge in [0.1, 0.15) is 0 Å². The number of carbonyl (C=O) groups is 2. The van der Waals surface area contributed by atoms with Gasteiger partial charge < -0.3 is 20.4 Å². The van der Waals surface area contributed by atoms with Gasteiger partial charge in [0, 0.05) is 54.7 Å². The Hall–Kier alpha value is -3.46. The number of hydrogen-bond acceptors (Lipinski definition) is 6. The van der Waals surface area contributed by atoms with Crippen molar-refractivity contribution < 1.29 is 14.5 Å². The van der Waals surface area contributed by atoms with Crippen molar-refractivity contribution in [1.29, 1.82) is 0 Å². The van der Waals surface area contributed by atoms with Crippen LogP contribution in [0.25, 0.3) is 0 Å². The highest BCUT2D eigenvalue weighted by Crippen LogP contribution is 2.29. The summed E-state index contributed by atoms with van der Waals surface area (Å²) in [4.78, 5) is 41.4. The number of amides is 2. The number of nitrogens with zero attached hydrogens (tertiary/aromatic N) is 3. The first-order valence-corrected chi connectivity index (χ1v) is 12.7. The largest absolute Gasteiger partial charge is 0.371 e. The first kappa shape index (κ1) is 27.1. The summed E-state index contributed by atoms with van der Waals surface area (Å²) in [5.41, 5.74) is 2.40. The summed E-state index contributed by atoms with van der Waals surface area (Å²) in [6.07, 6.45) is 2.13. The SMILES string of the molecule is CCN(CC)CCNC(=O)c1cc(NC(=O)c2ccc(C)c([N+](=O)[O-])c2)ccc1N1CCC(C)CC1. The van der Waals surface area contributed by atoms with Crippen molar-refractivity contribution in [3.63, 3.8) is 0 Å². The maximum atomic E-state index is 13.3. The Bertz CT molecular complexity index is 1090. The standard InChI is InChI=1S/C27H37N5O4/c1-5-30(6-2)16-13-28-27(34)23-18-22(9-10-24(23)31-14-11-19(3)12-15-31)29-26(33)21-8-7-20(4)25(17-21)32(35)36/h7-10,17-19H,5-6,11-16H2,1-4H3,(H,28,34)(H,29,33). The zero-order valence-electron chi connectivity index (χ0n) is 21.7. The summed E-state index contributed by atoms with van der Waals surface area (Å²) in [5.74, 6) is 0.00751. The van der Waals surface area contributed by atoms with E-state index in [-0.39, 0.29) is 17.2 Å².